The van der Waals surface area contributed by atoms with Gasteiger partial charge in [0.1, 0.15) is 5.82 Å². The second kappa shape index (κ2) is 6.02. The summed E-state index contributed by atoms with van der Waals surface area (Å²) in [6.07, 6.45) is 0. The number of hydrogen-bond acceptors (Lipinski definition) is 5. The lowest BCUT2D eigenvalue weighted by molar-refractivity contribution is 0.991. The standard InChI is InChI=1S/C12H15N3S2/c1-9(16-11-6-4-3-5-7-11)8-13-12-14-10(2)15-17-12/h3-7,9H,8H2,1-2H3,(H,13,14,15). The Morgan fingerprint density at radius 1 is 1.35 bits per heavy atom. The summed E-state index contributed by atoms with van der Waals surface area (Å²) in [7, 11) is 0. The molecule has 1 aromatic carbocycles. The van der Waals surface area contributed by atoms with E-state index in [2.05, 4.69) is 45.9 Å². The molecule has 90 valence electrons. The van der Waals surface area contributed by atoms with E-state index in [1.54, 1.807) is 0 Å². The van der Waals surface area contributed by atoms with Gasteiger partial charge in [-0.3, -0.25) is 0 Å². The molecule has 0 aliphatic heterocycles. The van der Waals surface area contributed by atoms with Crippen LogP contribution in [0, 0.1) is 6.92 Å². The van der Waals surface area contributed by atoms with Gasteiger partial charge < -0.3 is 5.32 Å². The van der Waals surface area contributed by atoms with Crippen molar-refractivity contribution in [3.05, 3.63) is 36.2 Å². The molecule has 0 spiro atoms. The molecule has 0 radical (unpaired) electrons. The molecule has 1 unspecified atom stereocenters. The highest BCUT2D eigenvalue weighted by atomic mass is 32.2. The summed E-state index contributed by atoms with van der Waals surface area (Å²) in [6.45, 7) is 5.01. The van der Waals surface area contributed by atoms with E-state index >= 15 is 0 Å². The summed E-state index contributed by atoms with van der Waals surface area (Å²) in [5, 5.41) is 4.72. The van der Waals surface area contributed by atoms with Gasteiger partial charge >= 0.3 is 0 Å². The molecule has 0 aliphatic carbocycles. The van der Waals surface area contributed by atoms with E-state index in [-0.39, 0.29) is 0 Å². The molecule has 17 heavy (non-hydrogen) atoms. The lowest BCUT2D eigenvalue weighted by atomic mass is 10.4. The number of aromatic nitrogens is 2. The minimum Gasteiger partial charge on any atom is -0.359 e. The Bertz CT molecular complexity index is 456. The predicted molar refractivity (Wildman–Crippen MR) is 74.9 cm³/mol. The molecular formula is C12H15N3S2. The second-order valence-electron chi connectivity index (χ2n) is 3.77. The Morgan fingerprint density at radius 2 is 2.12 bits per heavy atom. The maximum atomic E-state index is 4.28. The molecule has 0 aliphatic rings. The van der Waals surface area contributed by atoms with Crippen LogP contribution in [0.3, 0.4) is 0 Å². The molecule has 5 heteroatoms. The normalized spacial score (nSPS) is 12.4. The molecule has 2 rings (SSSR count). The average molecular weight is 265 g/mol. The second-order valence-corrected chi connectivity index (χ2v) is 6.03. The van der Waals surface area contributed by atoms with Gasteiger partial charge in [-0.2, -0.15) is 4.37 Å². The SMILES string of the molecule is Cc1nsc(NCC(C)Sc2ccccc2)n1. The quantitative estimate of drug-likeness (QED) is 0.840. The van der Waals surface area contributed by atoms with Crippen molar-refractivity contribution in [1.29, 1.82) is 0 Å². The van der Waals surface area contributed by atoms with Crippen molar-refractivity contribution in [2.45, 2.75) is 24.0 Å². The molecule has 1 N–H and O–H groups in total. The van der Waals surface area contributed by atoms with Crippen LogP contribution in [-0.2, 0) is 0 Å². The van der Waals surface area contributed by atoms with Crippen LogP contribution in [0.4, 0.5) is 5.13 Å². The van der Waals surface area contributed by atoms with Gasteiger partial charge in [0.2, 0.25) is 5.13 Å². The van der Waals surface area contributed by atoms with E-state index in [1.165, 1.54) is 16.4 Å². The Hall–Kier alpha value is -1.07. The van der Waals surface area contributed by atoms with Crippen LogP contribution >= 0.6 is 23.3 Å². The number of anilines is 1. The molecular weight excluding hydrogens is 250 g/mol. The van der Waals surface area contributed by atoms with Crippen LogP contribution in [0.1, 0.15) is 12.7 Å². The predicted octanol–water partition coefficient (Wildman–Crippen LogP) is 3.44. The van der Waals surface area contributed by atoms with Crippen LogP contribution in [0.25, 0.3) is 0 Å². The fourth-order valence-corrected chi connectivity index (χ4v) is 2.90. The number of rotatable bonds is 5. The minimum absolute atomic E-state index is 0.501. The molecule has 2 aromatic rings. The number of thioether (sulfide) groups is 1. The first-order valence-electron chi connectivity index (χ1n) is 5.50. The minimum atomic E-state index is 0.501. The van der Waals surface area contributed by atoms with E-state index in [9.17, 15) is 0 Å². The van der Waals surface area contributed by atoms with Gasteiger partial charge in [-0.25, -0.2) is 4.98 Å². The highest BCUT2D eigenvalue weighted by Gasteiger charge is 2.05. The monoisotopic (exact) mass is 265 g/mol. The van der Waals surface area contributed by atoms with Crippen molar-refractivity contribution in [3.8, 4) is 0 Å². The third-order valence-corrected chi connectivity index (χ3v) is 4.03. The molecule has 0 saturated heterocycles. The topological polar surface area (TPSA) is 37.8 Å². The van der Waals surface area contributed by atoms with Gasteiger partial charge in [0.05, 0.1) is 0 Å². The van der Waals surface area contributed by atoms with Crippen LogP contribution in [0.2, 0.25) is 0 Å². The zero-order valence-corrected chi connectivity index (χ0v) is 11.5. The van der Waals surface area contributed by atoms with E-state index < -0.39 is 0 Å². The van der Waals surface area contributed by atoms with Crippen molar-refractivity contribution >= 4 is 28.4 Å². The number of aryl methyl sites for hydroxylation is 1. The van der Waals surface area contributed by atoms with Crippen LogP contribution in [0.5, 0.6) is 0 Å². The average Bonchev–Trinajstić information content (AvgIpc) is 2.74. The van der Waals surface area contributed by atoms with Gasteiger partial charge in [-0.05, 0) is 19.1 Å². The maximum Gasteiger partial charge on any atom is 0.202 e. The lowest BCUT2D eigenvalue weighted by Crippen LogP contribution is -2.12. The Labute approximate surface area is 110 Å². The van der Waals surface area contributed by atoms with Crippen molar-refractivity contribution in [3.63, 3.8) is 0 Å². The van der Waals surface area contributed by atoms with Gasteiger partial charge in [0.15, 0.2) is 0 Å². The zero-order valence-electron chi connectivity index (χ0n) is 9.88. The molecule has 1 aromatic heterocycles. The zero-order chi connectivity index (χ0) is 12.1. The number of hydrogen-bond donors (Lipinski definition) is 1. The van der Waals surface area contributed by atoms with Gasteiger partial charge in [-0.1, -0.05) is 25.1 Å². The molecule has 0 bridgehead atoms. The van der Waals surface area contributed by atoms with E-state index in [0.717, 1.165) is 17.5 Å². The Morgan fingerprint density at radius 3 is 2.76 bits per heavy atom. The largest absolute Gasteiger partial charge is 0.359 e. The van der Waals surface area contributed by atoms with E-state index in [4.69, 9.17) is 0 Å². The van der Waals surface area contributed by atoms with Crippen molar-refractivity contribution in [2.75, 3.05) is 11.9 Å². The molecule has 1 heterocycles. The molecule has 1 atom stereocenters. The summed E-state index contributed by atoms with van der Waals surface area (Å²) in [4.78, 5) is 5.58. The van der Waals surface area contributed by atoms with Crippen molar-refractivity contribution in [1.82, 2.24) is 9.36 Å². The first-order chi connectivity index (χ1) is 8.24. The number of benzene rings is 1. The number of nitrogens with one attached hydrogen (secondary N) is 1. The number of nitrogens with zero attached hydrogens (tertiary/aromatic N) is 2. The van der Waals surface area contributed by atoms with E-state index in [0.29, 0.717) is 5.25 Å². The third kappa shape index (κ3) is 4.02. The molecule has 0 amide bonds. The highest BCUT2D eigenvalue weighted by molar-refractivity contribution is 8.00. The van der Waals surface area contributed by atoms with Crippen LogP contribution in [0.15, 0.2) is 35.2 Å². The Kier molecular flexibility index (Phi) is 4.39. The molecule has 3 nitrogen and oxygen atoms in total. The fourth-order valence-electron chi connectivity index (χ4n) is 1.37. The van der Waals surface area contributed by atoms with Crippen molar-refractivity contribution < 1.29 is 0 Å². The Balaban J connectivity index is 1.80. The maximum absolute atomic E-state index is 4.28. The first-order valence-corrected chi connectivity index (χ1v) is 7.15. The molecule has 0 fully saturated rings. The molecule has 0 saturated carbocycles. The third-order valence-electron chi connectivity index (χ3n) is 2.15. The van der Waals surface area contributed by atoms with Crippen LogP contribution in [-0.4, -0.2) is 21.2 Å². The fraction of sp³-hybridized carbons (Fsp3) is 0.333. The van der Waals surface area contributed by atoms with E-state index in [1.807, 2.05) is 24.8 Å². The van der Waals surface area contributed by atoms with Gasteiger partial charge in [0, 0.05) is 28.2 Å². The lowest BCUT2D eigenvalue weighted by Gasteiger charge is -2.11. The van der Waals surface area contributed by atoms with Gasteiger partial charge in [0.25, 0.3) is 0 Å². The summed E-state index contributed by atoms with van der Waals surface area (Å²) >= 11 is 3.28. The first kappa shape index (κ1) is 12.4. The summed E-state index contributed by atoms with van der Waals surface area (Å²) < 4.78 is 4.14. The highest BCUT2D eigenvalue weighted by Crippen LogP contribution is 2.23. The van der Waals surface area contributed by atoms with Gasteiger partial charge in [-0.15, -0.1) is 11.8 Å². The summed E-state index contributed by atoms with van der Waals surface area (Å²) in [5.41, 5.74) is 0. The summed E-state index contributed by atoms with van der Waals surface area (Å²) in [6, 6.07) is 10.4. The van der Waals surface area contributed by atoms with Crippen molar-refractivity contribution in [2.24, 2.45) is 0 Å². The smallest absolute Gasteiger partial charge is 0.202 e. The van der Waals surface area contributed by atoms with Crippen LogP contribution < -0.4 is 5.32 Å². The summed E-state index contributed by atoms with van der Waals surface area (Å²) in [5.74, 6) is 0.834.